The van der Waals surface area contributed by atoms with Gasteiger partial charge in [0.15, 0.2) is 17.2 Å². The fourth-order valence-electron chi connectivity index (χ4n) is 2.93. The Morgan fingerprint density at radius 1 is 1.37 bits per heavy atom. The SMILES string of the molecule is Cl.O=C(NCC(O)COc1ccc2c(c1)OCO2)c1n[nH]c2c1CNCC2. The van der Waals surface area contributed by atoms with Crippen LogP contribution in [0.3, 0.4) is 0 Å². The molecule has 0 fully saturated rings. The number of halogens is 1. The average Bonchev–Trinajstić information content (AvgIpc) is 3.30. The van der Waals surface area contributed by atoms with Crippen LogP contribution in [-0.2, 0) is 13.0 Å². The lowest BCUT2D eigenvalue weighted by Gasteiger charge is -2.15. The van der Waals surface area contributed by atoms with Gasteiger partial charge < -0.3 is 30.0 Å². The van der Waals surface area contributed by atoms with Crippen molar-refractivity contribution < 1.29 is 24.1 Å². The van der Waals surface area contributed by atoms with Crippen molar-refractivity contribution in [2.75, 3.05) is 26.5 Å². The van der Waals surface area contributed by atoms with Gasteiger partial charge in [0, 0.05) is 43.4 Å². The van der Waals surface area contributed by atoms with Crippen molar-refractivity contribution in [2.45, 2.75) is 19.1 Å². The summed E-state index contributed by atoms with van der Waals surface area (Å²) in [4.78, 5) is 12.3. The van der Waals surface area contributed by atoms with Crippen LogP contribution in [-0.4, -0.2) is 53.8 Å². The second kappa shape index (κ2) is 8.47. The van der Waals surface area contributed by atoms with E-state index in [2.05, 4.69) is 20.8 Å². The van der Waals surface area contributed by atoms with Crippen LogP contribution < -0.4 is 24.8 Å². The van der Waals surface area contributed by atoms with Gasteiger partial charge >= 0.3 is 0 Å². The summed E-state index contributed by atoms with van der Waals surface area (Å²) in [7, 11) is 0. The Morgan fingerprint density at radius 3 is 3.11 bits per heavy atom. The molecule has 0 saturated heterocycles. The van der Waals surface area contributed by atoms with Crippen molar-refractivity contribution in [1.82, 2.24) is 20.8 Å². The summed E-state index contributed by atoms with van der Waals surface area (Å²) < 4.78 is 16.0. The third kappa shape index (κ3) is 4.26. The third-order valence-corrected chi connectivity index (χ3v) is 4.31. The molecule has 2 aromatic rings. The van der Waals surface area contributed by atoms with Gasteiger partial charge in [0.1, 0.15) is 18.5 Å². The number of benzene rings is 1. The quantitative estimate of drug-likeness (QED) is 0.557. The van der Waals surface area contributed by atoms with E-state index in [9.17, 15) is 9.90 Å². The maximum absolute atomic E-state index is 12.3. The normalized spacial score (nSPS) is 15.4. The molecule has 0 bridgehead atoms. The van der Waals surface area contributed by atoms with Crippen molar-refractivity contribution >= 4 is 18.3 Å². The van der Waals surface area contributed by atoms with E-state index in [4.69, 9.17) is 14.2 Å². The molecule has 1 atom stereocenters. The highest BCUT2D eigenvalue weighted by Crippen LogP contribution is 2.35. The first-order chi connectivity index (χ1) is 12.7. The molecule has 2 aliphatic heterocycles. The summed E-state index contributed by atoms with van der Waals surface area (Å²) in [6, 6.07) is 5.19. The average molecular weight is 397 g/mol. The fraction of sp³-hybridized carbons (Fsp3) is 0.412. The molecule has 4 rings (SSSR count). The zero-order valence-electron chi connectivity index (χ0n) is 14.5. The number of aliphatic hydroxyl groups is 1. The molecule has 1 aromatic carbocycles. The van der Waals surface area contributed by atoms with Crippen molar-refractivity contribution in [3.63, 3.8) is 0 Å². The lowest BCUT2D eigenvalue weighted by molar-refractivity contribution is 0.0838. The lowest BCUT2D eigenvalue weighted by Crippen LogP contribution is -2.36. The fourth-order valence-corrected chi connectivity index (χ4v) is 2.93. The molecule has 9 nitrogen and oxygen atoms in total. The first-order valence-corrected chi connectivity index (χ1v) is 8.46. The number of aliphatic hydroxyl groups excluding tert-OH is 1. The van der Waals surface area contributed by atoms with E-state index in [1.807, 2.05) is 0 Å². The van der Waals surface area contributed by atoms with Gasteiger partial charge in [0.25, 0.3) is 5.91 Å². The van der Waals surface area contributed by atoms with Gasteiger partial charge in [-0.3, -0.25) is 9.89 Å². The minimum Gasteiger partial charge on any atom is -0.491 e. The standard InChI is InChI=1S/C17H20N4O5.ClH/c22-10(8-24-11-1-2-14-15(5-11)26-9-25-14)6-19-17(23)16-12-7-18-4-3-13(12)20-21-16;/h1-2,5,10,18,22H,3-4,6-9H2,(H,19,23)(H,20,21);1H. The number of hydrogen-bond donors (Lipinski definition) is 4. The van der Waals surface area contributed by atoms with E-state index in [1.54, 1.807) is 18.2 Å². The number of aromatic nitrogens is 2. The van der Waals surface area contributed by atoms with Crippen LogP contribution in [0, 0.1) is 0 Å². The molecule has 3 heterocycles. The number of ether oxygens (including phenoxy) is 3. The Bertz CT molecular complexity index is 813. The van der Waals surface area contributed by atoms with Gasteiger partial charge in [-0.05, 0) is 12.1 Å². The van der Waals surface area contributed by atoms with Gasteiger partial charge in [-0.15, -0.1) is 12.4 Å². The molecule has 10 heteroatoms. The van der Waals surface area contributed by atoms with Crippen molar-refractivity contribution in [3.05, 3.63) is 35.2 Å². The predicted octanol–water partition coefficient (Wildman–Crippen LogP) is 0.376. The number of carbonyl (C=O) groups is 1. The molecule has 0 saturated carbocycles. The minimum atomic E-state index is -0.850. The second-order valence-corrected chi connectivity index (χ2v) is 6.15. The summed E-state index contributed by atoms with van der Waals surface area (Å²) >= 11 is 0. The van der Waals surface area contributed by atoms with Crippen molar-refractivity contribution in [1.29, 1.82) is 0 Å². The Morgan fingerprint density at radius 2 is 2.22 bits per heavy atom. The van der Waals surface area contributed by atoms with Crippen LogP contribution in [0.25, 0.3) is 0 Å². The Hall–Kier alpha value is -2.49. The molecule has 4 N–H and O–H groups in total. The number of amides is 1. The highest BCUT2D eigenvalue weighted by Gasteiger charge is 2.22. The lowest BCUT2D eigenvalue weighted by atomic mass is 10.1. The number of aromatic amines is 1. The van der Waals surface area contributed by atoms with E-state index in [0.29, 0.717) is 29.5 Å². The smallest absolute Gasteiger partial charge is 0.272 e. The molecule has 146 valence electrons. The topological polar surface area (TPSA) is 118 Å². The molecule has 0 radical (unpaired) electrons. The third-order valence-electron chi connectivity index (χ3n) is 4.31. The van der Waals surface area contributed by atoms with E-state index in [0.717, 1.165) is 24.2 Å². The molecule has 2 aliphatic rings. The van der Waals surface area contributed by atoms with Gasteiger partial charge in [0.2, 0.25) is 6.79 Å². The molecule has 1 unspecified atom stereocenters. The number of nitrogens with zero attached hydrogens (tertiary/aromatic N) is 1. The summed E-state index contributed by atoms with van der Waals surface area (Å²) in [5.41, 5.74) is 2.25. The number of H-pyrrole nitrogens is 1. The van der Waals surface area contributed by atoms with Gasteiger partial charge in [-0.2, -0.15) is 5.10 Å². The highest BCUT2D eigenvalue weighted by molar-refractivity contribution is 5.94. The first-order valence-electron chi connectivity index (χ1n) is 8.46. The number of rotatable bonds is 6. The summed E-state index contributed by atoms with van der Waals surface area (Å²) in [6.45, 7) is 1.79. The monoisotopic (exact) mass is 396 g/mol. The number of carbonyl (C=O) groups excluding carboxylic acids is 1. The van der Waals surface area contributed by atoms with Crippen LogP contribution in [0.1, 0.15) is 21.7 Å². The number of fused-ring (bicyclic) bond motifs is 2. The Balaban J connectivity index is 0.00000210. The first kappa shape index (κ1) is 19.3. The van der Waals surface area contributed by atoms with Crippen LogP contribution >= 0.6 is 12.4 Å². The van der Waals surface area contributed by atoms with E-state index < -0.39 is 6.10 Å². The predicted molar refractivity (Wildman–Crippen MR) is 97.6 cm³/mol. The van der Waals surface area contributed by atoms with E-state index in [1.165, 1.54) is 0 Å². The van der Waals surface area contributed by atoms with Crippen molar-refractivity contribution in [2.24, 2.45) is 0 Å². The zero-order chi connectivity index (χ0) is 17.9. The van der Waals surface area contributed by atoms with Crippen LogP contribution in [0.2, 0.25) is 0 Å². The van der Waals surface area contributed by atoms with Gasteiger partial charge in [0.05, 0.1) is 0 Å². The summed E-state index contributed by atoms with van der Waals surface area (Å²) in [6.07, 6.45) is -0.0287. The summed E-state index contributed by atoms with van der Waals surface area (Å²) in [5, 5.41) is 22.9. The molecule has 0 spiro atoms. The summed E-state index contributed by atoms with van der Waals surface area (Å²) in [5.74, 6) is 1.53. The minimum absolute atomic E-state index is 0. The largest absolute Gasteiger partial charge is 0.491 e. The molecule has 0 aliphatic carbocycles. The van der Waals surface area contributed by atoms with Gasteiger partial charge in [-0.25, -0.2) is 0 Å². The molecule has 1 aromatic heterocycles. The van der Waals surface area contributed by atoms with Crippen LogP contribution in [0.4, 0.5) is 0 Å². The maximum Gasteiger partial charge on any atom is 0.272 e. The number of hydrogen-bond acceptors (Lipinski definition) is 7. The van der Waals surface area contributed by atoms with Crippen molar-refractivity contribution in [3.8, 4) is 17.2 Å². The molecular formula is C17H21ClN4O5. The highest BCUT2D eigenvalue weighted by atomic mass is 35.5. The molecule has 27 heavy (non-hydrogen) atoms. The molecular weight excluding hydrogens is 376 g/mol. The Labute approximate surface area is 161 Å². The second-order valence-electron chi connectivity index (χ2n) is 6.15. The Kier molecular flexibility index (Phi) is 6.04. The molecule has 1 amide bonds. The van der Waals surface area contributed by atoms with E-state index in [-0.39, 0.29) is 38.3 Å². The van der Waals surface area contributed by atoms with Crippen LogP contribution in [0.5, 0.6) is 17.2 Å². The number of nitrogens with one attached hydrogen (secondary N) is 3. The van der Waals surface area contributed by atoms with E-state index >= 15 is 0 Å². The zero-order valence-corrected chi connectivity index (χ0v) is 15.3. The maximum atomic E-state index is 12.3. The van der Waals surface area contributed by atoms with Gasteiger partial charge in [-0.1, -0.05) is 0 Å². The van der Waals surface area contributed by atoms with Crippen LogP contribution in [0.15, 0.2) is 18.2 Å².